The molecule has 392 valence electrons. The number of amides is 2. The molecule has 0 heterocycles. The summed E-state index contributed by atoms with van der Waals surface area (Å²) in [4.78, 5) is 26.6. The monoisotopic (exact) mass is 937 g/mol. The molecular weight excluding hydrogens is 821 g/mol. The first-order valence-electron chi connectivity index (χ1n) is 30.5. The maximum Gasteiger partial charge on any atom is 0.255 e. The van der Waals surface area contributed by atoms with Gasteiger partial charge in [-0.1, -0.05) is 310 Å². The second-order valence-electron chi connectivity index (χ2n) is 21.0. The first-order chi connectivity index (χ1) is 33.1. The van der Waals surface area contributed by atoms with E-state index in [9.17, 15) is 9.59 Å². The van der Waals surface area contributed by atoms with Crippen molar-refractivity contribution in [3.05, 3.63) is 29.3 Å². The third kappa shape index (κ3) is 42.6. The van der Waals surface area contributed by atoms with Gasteiger partial charge in [-0.25, -0.2) is 0 Å². The molecule has 0 atom stereocenters. The number of ether oxygens (including phenoxy) is 1. The zero-order chi connectivity index (χ0) is 48.2. The standard InChI is InChI=1S/C62H116N2O3/c1-4-7-10-13-16-19-22-24-26-28-30-32-34-36-38-40-43-46-49-54-63-61(65)58-52-53-59(60(57-58)67-56-51-48-45-42-21-18-15-12-9-6-3)62(66)64-55-50-47-44-41-39-37-35-33-31-29-27-25-23-20-17-14-11-8-5-2/h52-53,57H,4-51,54-56H2,1-3H3,(H,63,65)(H,64,66). The second-order valence-corrected chi connectivity index (χ2v) is 21.0. The molecule has 0 bridgehead atoms. The Kier molecular flexibility index (Phi) is 48.7. The summed E-state index contributed by atoms with van der Waals surface area (Å²) in [7, 11) is 0. The summed E-state index contributed by atoms with van der Waals surface area (Å²) >= 11 is 0. The molecule has 0 aliphatic heterocycles. The van der Waals surface area contributed by atoms with E-state index in [4.69, 9.17) is 4.74 Å². The summed E-state index contributed by atoms with van der Waals surface area (Å²) in [6, 6.07) is 5.39. The van der Waals surface area contributed by atoms with Gasteiger partial charge in [0.1, 0.15) is 5.75 Å². The number of nitrogens with one attached hydrogen (secondary N) is 2. The summed E-state index contributed by atoms with van der Waals surface area (Å²) in [6.07, 6.45) is 64.4. The third-order valence-electron chi connectivity index (χ3n) is 14.4. The molecule has 0 aromatic heterocycles. The van der Waals surface area contributed by atoms with Crippen LogP contribution in [-0.4, -0.2) is 31.5 Å². The minimum atomic E-state index is -0.0958. The smallest absolute Gasteiger partial charge is 0.255 e. The Balaban J connectivity index is 2.29. The highest BCUT2D eigenvalue weighted by Crippen LogP contribution is 2.23. The van der Waals surface area contributed by atoms with Crippen LogP contribution in [0.25, 0.3) is 0 Å². The van der Waals surface area contributed by atoms with Gasteiger partial charge in [0, 0.05) is 18.7 Å². The molecule has 0 saturated carbocycles. The van der Waals surface area contributed by atoms with Crippen LogP contribution in [0.2, 0.25) is 0 Å². The number of carbonyl (C=O) groups excluding carboxylic acids is 2. The lowest BCUT2D eigenvalue weighted by molar-refractivity contribution is 0.0937. The first-order valence-corrected chi connectivity index (χ1v) is 30.5. The van der Waals surface area contributed by atoms with Crippen molar-refractivity contribution in [2.45, 2.75) is 329 Å². The minimum absolute atomic E-state index is 0.0766. The highest BCUT2D eigenvalue weighted by Gasteiger charge is 2.16. The largest absolute Gasteiger partial charge is 0.493 e. The van der Waals surface area contributed by atoms with Gasteiger partial charge in [-0.3, -0.25) is 9.59 Å². The van der Waals surface area contributed by atoms with Gasteiger partial charge in [0.2, 0.25) is 0 Å². The van der Waals surface area contributed by atoms with Gasteiger partial charge in [-0.05, 0) is 37.5 Å². The lowest BCUT2D eigenvalue weighted by Gasteiger charge is -2.14. The molecule has 0 fully saturated rings. The van der Waals surface area contributed by atoms with Gasteiger partial charge in [0.15, 0.2) is 0 Å². The molecule has 0 spiro atoms. The van der Waals surface area contributed by atoms with Gasteiger partial charge in [0.25, 0.3) is 11.8 Å². The van der Waals surface area contributed by atoms with E-state index in [1.165, 1.54) is 270 Å². The Morgan fingerprint density at radius 1 is 0.328 bits per heavy atom. The second kappa shape index (κ2) is 51.8. The number of rotatable bonds is 54. The molecule has 0 saturated heterocycles. The predicted molar refractivity (Wildman–Crippen MR) is 295 cm³/mol. The average Bonchev–Trinajstić information content (AvgIpc) is 3.34. The molecule has 2 amide bonds. The highest BCUT2D eigenvalue weighted by atomic mass is 16.5. The third-order valence-corrected chi connectivity index (χ3v) is 14.4. The van der Waals surface area contributed by atoms with Crippen molar-refractivity contribution < 1.29 is 14.3 Å². The van der Waals surface area contributed by atoms with Crippen LogP contribution in [0.1, 0.15) is 350 Å². The Morgan fingerprint density at radius 3 is 0.881 bits per heavy atom. The Morgan fingerprint density at radius 2 is 0.582 bits per heavy atom. The summed E-state index contributed by atoms with van der Waals surface area (Å²) in [5.74, 6) is 0.367. The lowest BCUT2D eigenvalue weighted by Crippen LogP contribution is -2.26. The van der Waals surface area contributed by atoms with Crippen molar-refractivity contribution in [1.29, 1.82) is 0 Å². The van der Waals surface area contributed by atoms with Gasteiger partial charge >= 0.3 is 0 Å². The fraction of sp³-hybridized carbons (Fsp3) is 0.871. The summed E-state index contributed by atoms with van der Waals surface area (Å²) < 4.78 is 6.27. The molecule has 2 N–H and O–H groups in total. The van der Waals surface area contributed by atoms with Crippen molar-refractivity contribution in [3.8, 4) is 5.75 Å². The molecular formula is C62H116N2O3. The SMILES string of the molecule is CCCCCCCCCCCCCCCCCCCCCNC(=O)c1ccc(C(=O)NCCCCCCCCCCCCCCCCCCCCC)c(OCCCCCCCCCCCC)c1. The Labute approximate surface area is 418 Å². The molecule has 1 aromatic rings. The average molecular weight is 938 g/mol. The molecule has 0 radical (unpaired) electrons. The zero-order valence-electron chi connectivity index (χ0n) is 45.5. The van der Waals surface area contributed by atoms with Crippen LogP contribution in [0, 0.1) is 0 Å². The number of carbonyl (C=O) groups is 2. The first kappa shape index (κ1) is 63.0. The van der Waals surface area contributed by atoms with E-state index in [0.717, 1.165) is 38.5 Å². The van der Waals surface area contributed by atoms with Crippen LogP contribution in [0.5, 0.6) is 5.75 Å². The van der Waals surface area contributed by atoms with E-state index in [1.807, 2.05) is 0 Å². The Hall–Kier alpha value is -2.04. The number of hydrogen-bond donors (Lipinski definition) is 2. The van der Waals surface area contributed by atoms with Gasteiger partial charge in [-0.2, -0.15) is 0 Å². The van der Waals surface area contributed by atoms with Crippen LogP contribution < -0.4 is 15.4 Å². The van der Waals surface area contributed by atoms with Crippen LogP contribution in [0.15, 0.2) is 18.2 Å². The summed E-state index contributed by atoms with van der Waals surface area (Å²) in [6.45, 7) is 8.80. The Bertz CT molecular complexity index is 1190. The van der Waals surface area contributed by atoms with E-state index >= 15 is 0 Å². The number of unbranched alkanes of at least 4 members (excludes halogenated alkanes) is 45. The minimum Gasteiger partial charge on any atom is -0.493 e. The predicted octanol–water partition coefficient (Wildman–Crippen LogP) is 20.3. The van der Waals surface area contributed by atoms with Crippen molar-refractivity contribution in [2.24, 2.45) is 0 Å². The van der Waals surface area contributed by atoms with Crippen LogP contribution in [0.3, 0.4) is 0 Å². The lowest BCUT2D eigenvalue weighted by atomic mass is 10.0. The van der Waals surface area contributed by atoms with Gasteiger partial charge < -0.3 is 15.4 Å². The normalized spacial score (nSPS) is 11.4. The fourth-order valence-electron chi connectivity index (χ4n) is 9.75. The quantitative estimate of drug-likeness (QED) is 0.0640. The van der Waals surface area contributed by atoms with E-state index < -0.39 is 0 Å². The molecule has 0 unspecified atom stereocenters. The molecule has 67 heavy (non-hydrogen) atoms. The van der Waals surface area contributed by atoms with E-state index in [0.29, 0.717) is 36.6 Å². The van der Waals surface area contributed by atoms with Crippen LogP contribution in [0.4, 0.5) is 0 Å². The van der Waals surface area contributed by atoms with Crippen molar-refractivity contribution in [2.75, 3.05) is 19.7 Å². The highest BCUT2D eigenvalue weighted by molar-refractivity contribution is 6.00. The topological polar surface area (TPSA) is 67.4 Å². The van der Waals surface area contributed by atoms with Gasteiger partial charge in [-0.15, -0.1) is 0 Å². The van der Waals surface area contributed by atoms with Crippen molar-refractivity contribution in [3.63, 3.8) is 0 Å². The maximum atomic E-state index is 13.4. The van der Waals surface area contributed by atoms with Crippen molar-refractivity contribution in [1.82, 2.24) is 10.6 Å². The molecule has 0 aliphatic rings. The van der Waals surface area contributed by atoms with E-state index in [-0.39, 0.29) is 11.8 Å². The molecule has 5 heteroatoms. The van der Waals surface area contributed by atoms with Gasteiger partial charge in [0.05, 0.1) is 12.2 Å². The van der Waals surface area contributed by atoms with Crippen LogP contribution in [-0.2, 0) is 0 Å². The zero-order valence-corrected chi connectivity index (χ0v) is 45.5. The van der Waals surface area contributed by atoms with E-state index in [2.05, 4.69) is 31.4 Å². The fourth-order valence-corrected chi connectivity index (χ4v) is 9.75. The molecule has 1 aromatic carbocycles. The molecule has 5 nitrogen and oxygen atoms in total. The number of hydrogen-bond acceptors (Lipinski definition) is 3. The van der Waals surface area contributed by atoms with Crippen LogP contribution >= 0.6 is 0 Å². The summed E-state index contributed by atoms with van der Waals surface area (Å²) in [5, 5.41) is 6.30. The van der Waals surface area contributed by atoms with Crippen molar-refractivity contribution >= 4 is 11.8 Å². The summed E-state index contributed by atoms with van der Waals surface area (Å²) in [5.41, 5.74) is 1.12. The maximum absolute atomic E-state index is 13.4. The van der Waals surface area contributed by atoms with E-state index in [1.54, 1.807) is 18.2 Å². The molecule has 1 rings (SSSR count). The number of benzene rings is 1. The molecule has 0 aliphatic carbocycles.